The summed E-state index contributed by atoms with van der Waals surface area (Å²) in [6, 6.07) is 0. The smallest absolute Gasteiger partial charge is 0.153 e. The molecule has 1 atom stereocenters. The lowest BCUT2D eigenvalue weighted by Gasteiger charge is -2.16. The Kier molecular flexibility index (Phi) is 1.66. The Morgan fingerprint density at radius 2 is 2.56 bits per heavy atom. The Bertz CT molecular complexity index is 146. The summed E-state index contributed by atoms with van der Waals surface area (Å²) >= 11 is 5.62. The van der Waals surface area contributed by atoms with E-state index in [2.05, 4.69) is 5.16 Å². The van der Waals surface area contributed by atoms with Crippen LogP contribution in [0.2, 0.25) is 0 Å². The Hall–Kier alpha value is -0.240. The monoisotopic (exact) mass is 147 g/mol. The van der Waals surface area contributed by atoms with Gasteiger partial charge >= 0.3 is 0 Å². The van der Waals surface area contributed by atoms with Crippen molar-refractivity contribution < 1.29 is 4.84 Å². The topological polar surface area (TPSA) is 21.6 Å². The maximum Gasteiger partial charge on any atom is 0.153 e. The molecule has 0 saturated heterocycles. The second kappa shape index (κ2) is 2.18. The van der Waals surface area contributed by atoms with E-state index in [4.69, 9.17) is 16.4 Å². The second-order valence-corrected chi connectivity index (χ2v) is 2.95. The zero-order chi connectivity index (χ0) is 6.91. The Balaban J connectivity index is 2.53. The molecule has 1 rings (SSSR count). The van der Waals surface area contributed by atoms with Gasteiger partial charge in [0.1, 0.15) is 0 Å². The number of alkyl halides is 1. The highest BCUT2D eigenvalue weighted by molar-refractivity contribution is 6.18. The summed E-state index contributed by atoms with van der Waals surface area (Å²) in [4.78, 5) is 5.06. The van der Waals surface area contributed by atoms with Gasteiger partial charge in [0, 0.05) is 6.42 Å². The molecule has 2 nitrogen and oxygen atoms in total. The van der Waals surface area contributed by atoms with Gasteiger partial charge < -0.3 is 4.84 Å². The van der Waals surface area contributed by atoms with Gasteiger partial charge in [0.2, 0.25) is 0 Å². The third-order valence-corrected chi connectivity index (χ3v) is 1.90. The third-order valence-electron chi connectivity index (χ3n) is 1.33. The van der Waals surface area contributed by atoms with Crippen LogP contribution in [0, 0.1) is 0 Å². The summed E-state index contributed by atoms with van der Waals surface area (Å²) in [5, 5.41) is 3.79. The largest absolute Gasteiger partial charge is 0.388 e. The molecule has 1 unspecified atom stereocenters. The van der Waals surface area contributed by atoms with Gasteiger partial charge in [0.05, 0.1) is 11.6 Å². The molecule has 3 heteroatoms. The van der Waals surface area contributed by atoms with Crippen LogP contribution in [0.5, 0.6) is 0 Å². The molecule has 0 spiro atoms. The number of rotatable bonds is 1. The first-order chi connectivity index (χ1) is 4.16. The van der Waals surface area contributed by atoms with Crippen LogP contribution in [0.4, 0.5) is 0 Å². The van der Waals surface area contributed by atoms with Gasteiger partial charge in [0.15, 0.2) is 5.60 Å². The van der Waals surface area contributed by atoms with Crippen LogP contribution < -0.4 is 0 Å². The van der Waals surface area contributed by atoms with Crippen molar-refractivity contribution in [1.82, 2.24) is 0 Å². The van der Waals surface area contributed by atoms with Crippen LogP contribution in [0.25, 0.3) is 0 Å². The van der Waals surface area contributed by atoms with Gasteiger partial charge in [-0.25, -0.2) is 0 Å². The van der Waals surface area contributed by atoms with Crippen molar-refractivity contribution in [3.8, 4) is 0 Å². The van der Waals surface area contributed by atoms with Gasteiger partial charge in [-0.15, -0.1) is 11.6 Å². The molecule has 0 fully saturated rings. The van der Waals surface area contributed by atoms with Crippen LogP contribution in [0.15, 0.2) is 5.16 Å². The van der Waals surface area contributed by atoms with E-state index < -0.39 is 0 Å². The lowest BCUT2D eigenvalue weighted by molar-refractivity contribution is 0.0152. The first kappa shape index (κ1) is 6.87. The van der Waals surface area contributed by atoms with Crippen LogP contribution >= 0.6 is 11.6 Å². The number of oxime groups is 1. The zero-order valence-corrected chi connectivity index (χ0v) is 6.40. The molecule has 0 bridgehead atoms. The van der Waals surface area contributed by atoms with E-state index in [1.807, 2.05) is 13.8 Å². The predicted octanol–water partition coefficient (Wildman–Crippen LogP) is 1.78. The normalized spacial score (nSPS) is 33.9. The van der Waals surface area contributed by atoms with Gasteiger partial charge in [-0.3, -0.25) is 0 Å². The molecular formula is C6H10ClNO. The van der Waals surface area contributed by atoms with E-state index in [-0.39, 0.29) is 5.60 Å². The molecule has 1 aliphatic rings. The van der Waals surface area contributed by atoms with Crippen molar-refractivity contribution in [3.63, 3.8) is 0 Å². The zero-order valence-electron chi connectivity index (χ0n) is 5.65. The van der Waals surface area contributed by atoms with Crippen LogP contribution in [0.1, 0.15) is 20.3 Å². The van der Waals surface area contributed by atoms with E-state index in [9.17, 15) is 0 Å². The fraction of sp³-hybridized carbons (Fsp3) is 0.833. The molecule has 9 heavy (non-hydrogen) atoms. The Morgan fingerprint density at radius 1 is 1.89 bits per heavy atom. The highest BCUT2D eigenvalue weighted by atomic mass is 35.5. The fourth-order valence-corrected chi connectivity index (χ4v) is 1.01. The number of nitrogens with zero attached hydrogens (tertiary/aromatic N) is 1. The Morgan fingerprint density at radius 3 is 2.78 bits per heavy atom. The van der Waals surface area contributed by atoms with Crippen molar-refractivity contribution in [2.24, 2.45) is 5.16 Å². The lowest BCUT2D eigenvalue weighted by atomic mass is 10.0. The SMILES string of the molecule is CC1=NOC(C)(CCl)C1. The van der Waals surface area contributed by atoms with E-state index in [1.54, 1.807) is 0 Å². The van der Waals surface area contributed by atoms with Crippen LogP contribution in [-0.2, 0) is 4.84 Å². The van der Waals surface area contributed by atoms with Gasteiger partial charge in [-0.05, 0) is 13.8 Å². The van der Waals surface area contributed by atoms with E-state index in [0.717, 1.165) is 12.1 Å². The Labute approximate surface area is 59.8 Å². The summed E-state index contributed by atoms with van der Waals surface area (Å²) in [5.74, 6) is 0.508. The molecule has 0 aromatic carbocycles. The minimum absolute atomic E-state index is 0.231. The lowest BCUT2D eigenvalue weighted by Crippen LogP contribution is -2.26. The second-order valence-electron chi connectivity index (χ2n) is 2.68. The quantitative estimate of drug-likeness (QED) is 0.518. The summed E-state index contributed by atoms with van der Waals surface area (Å²) in [5.41, 5.74) is 0.796. The van der Waals surface area contributed by atoms with E-state index in [0.29, 0.717) is 5.88 Å². The van der Waals surface area contributed by atoms with Crippen molar-refractivity contribution in [3.05, 3.63) is 0 Å². The minimum atomic E-state index is -0.231. The molecule has 0 aromatic rings. The molecule has 0 N–H and O–H groups in total. The number of halogens is 1. The maximum absolute atomic E-state index is 5.62. The van der Waals surface area contributed by atoms with Crippen LogP contribution in [-0.4, -0.2) is 17.2 Å². The van der Waals surface area contributed by atoms with Crippen molar-refractivity contribution in [2.45, 2.75) is 25.9 Å². The maximum atomic E-state index is 5.62. The van der Waals surface area contributed by atoms with Crippen molar-refractivity contribution >= 4 is 17.3 Å². The molecule has 1 aliphatic heterocycles. The van der Waals surface area contributed by atoms with Gasteiger partial charge in [-0.2, -0.15) is 0 Å². The van der Waals surface area contributed by atoms with Crippen molar-refractivity contribution in [2.75, 3.05) is 5.88 Å². The first-order valence-corrected chi connectivity index (χ1v) is 3.47. The molecule has 52 valence electrons. The summed E-state index contributed by atoms with van der Waals surface area (Å²) in [7, 11) is 0. The standard InChI is InChI=1S/C6H10ClNO/c1-5-3-6(2,4-7)9-8-5/h3-4H2,1-2H3. The van der Waals surface area contributed by atoms with Crippen molar-refractivity contribution in [1.29, 1.82) is 0 Å². The van der Waals surface area contributed by atoms with Gasteiger partial charge in [0.25, 0.3) is 0 Å². The highest BCUT2D eigenvalue weighted by Crippen LogP contribution is 2.23. The molecule has 0 aromatic heterocycles. The molecular weight excluding hydrogens is 138 g/mol. The molecule has 0 saturated carbocycles. The summed E-state index contributed by atoms with van der Waals surface area (Å²) < 4.78 is 0. The van der Waals surface area contributed by atoms with Crippen LogP contribution in [0.3, 0.4) is 0 Å². The summed E-state index contributed by atoms with van der Waals surface area (Å²) in [6.07, 6.45) is 0.858. The van der Waals surface area contributed by atoms with E-state index in [1.165, 1.54) is 0 Å². The number of hydrogen-bond donors (Lipinski definition) is 0. The number of hydrogen-bond acceptors (Lipinski definition) is 2. The molecule has 0 aliphatic carbocycles. The molecule has 1 heterocycles. The molecule has 0 amide bonds. The highest BCUT2D eigenvalue weighted by Gasteiger charge is 2.31. The third kappa shape index (κ3) is 1.36. The first-order valence-electron chi connectivity index (χ1n) is 2.94. The van der Waals surface area contributed by atoms with Gasteiger partial charge in [-0.1, -0.05) is 5.16 Å². The average Bonchev–Trinajstić information content (AvgIpc) is 2.13. The predicted molar refractivity (Wildman–Crippen MR) is 37.9 cm³/mol. The molecule has 0 radical (unpaired) electrons. The minimum Gasteiger partial charge on any atom is -0.388 e. The van der Waals surface area contributed by atoms with E-state index >= 15 is 0 Å². The fourth-order valence-electron chi connectivity index (χ4n) is 0.865. The average molecular weight is 148 g/mol. The summed E-state index contributed by atoms with van der Waals surface area (Å²) in [6.45, 7) is 3.90.